The molecule has 2 heterocycles. The molecule has 1 saturated carbocycles. The summed E-state index contributed by atoms with van der Waals surface area (Å²) in [4.78, 5) is 12.5. The smallest absolute Gasteiger partial charge is 0.251 e. The fourth-order valence-electron chi connectivity index (χ4n) is 4.04. The molecule has 1 N–H and O–H groups in total. The molecule has 3 aromatic rings. The SMILES string of the molecule is CCn1nnc2cc(C(=O)NCCCc3nnc(SC)n3C3CCCC3)ccc21. The van der Waals surface area contributed by atoms with Gasteiger partial charge in [-0.05, 0) is 50.6 Å². The van der Waals surface area contributed by atoms with Crippen LogP contribution in [0.3, 0.4) is 0 Å². The number of fused-ring (bicyclic) bond motifs is 1. The fraction of sp³-hybridized carbons (Fsp3) is 0.550. The second-order valence-electron chi connectivity index (χ2n) is 7.38. The van der Waals surface area contributed by atoms with Crippen molar-refractivity contribution in [2.24, 2.45) is 0 Å². The van der Waals surface area contributed by atoms with Gasteiger partial charge in [0.15, 0.2) is 5.16 Å². The summed E-state index contributed by atoms with van der Waals surface area (Å²) in [7, 11) is 0. The summed E-state index contributed by atoms with van der Waals surface area (Å²) in [5.74, 6) is 0.952. The monoisotopic (exact) mass is 413 g/mol. The van der Waals surface area contributed by atoms with Crippen molar-refractivity contribution >= 4 is 28.7 Å². The minimum absolute atomic E-state index is 0.0833. The lowest BCUT2D eigenvalue weighted by Gasteiger charge is -2.16. The Balaban J connectivity index is 1.34. The third kappa shape index (κ3) is 4.14. The highest BCUT2D eigenvalue weighted by molar-refractivity contribution is 7.98. The molecule has 0 bridgehead atoms. The van der Waals surface area contributed by atoms with Crippen molar-refractivity contribution < 1.29 is 4.79 Å². The van der Waals surface area contributed by atoms with Gasteiger partial charge < -0.3 is 9.88 Å². The molecule has 2 aromatic heterocycles. The Bertz CT molecular complexity index is 990. The topological polar surface area (TPSA) is 90.5 Å². The lowest BCUT2D eigenvalue weighted by Crippen LogP contribution is -2.25. The number of aromatic nitrogens is 6. The maximum Gasteiger partial charge on any atom is 0.251 e. The Kier molecular flexibility index (Phi) is 6.13. The number of carbonyl (C=O) groups is 1. The number of hydrogen-bond donors (Lipinski definition) is 1. The van der Waals surface area contributed by atoms with Crippen molar-refractivity contribution in [2.75, 3.05) is 12.8 Å². The number of amides is 1. The van der Waals surface area contributed by atoms with Gasteiger partial charge in [-0.25, -0.2) is 4.68 Å². The molecule has 0 unspecified atom stereocenters. The lowest BCUT2D eigenvalue weighted by atomic mass is 10.2. The van der Waals surface area contributed by atoms with E-state index in [0.717, 1.165) is 41.4 Å². The van der Waals surface area contributed by atoms with Gasteiger partial charge in [0.1, 0.15) is 11.3 Å². The third-order valence-electron chi connectivity index (χ3n) is 5.55. The summed E-state index contributed by atoms with van der Waals surface area (Å²) in [5.41, 5.74) is 2.30. The van der Waals surface area contributed by atoms with E-state index in [4.69, 9.17) is 0 Å². The van der Waals surface area contributed by atoms with E-state index in [1.165, 1.54) is 25.7 Å². The minimum Gasteiger partial charge on any atom is -0.352 e. The highest BCUT2D eigenvalue weighted by Gasteiger charge is 2.23. The zero-order chi connectivity index (χ0) is 20.2. The van der Waals surface area contributed by atoms with E-state index in [1.807, 2.05) is 23.7 Å². The zero-order valence-corrected chi connectivity index (χ0v) is 17.8. The van der Waals surface area contributed by atoms with Crippen LogP contribution in [-0.4, -0.2) is 48.5 Å². The summed E-state index contributed by atoms with van der Waals surface area (Å²) in [5, 5.41) is 21.0. The molecular weight excluding hydrogens is 386 g/mol. The van der Waals surface area contributed by atoms with Crippen molar-refractivity contribution in [1.82, 2.24) is 35.1 Å². The van der Waals surface area contributed by atoms with Crippen LogP contribution in [0.15, 0.2) is 23.4 Å². The fourth-order valence-corrected chi connectivity index (χ4v) is 4.62. The first-order chi connectivity index (χ1) is 14.2. The summed E-state index contributed by atoms with van der Waals surface area (Å²) >= 11 is 1.66. The minimum atomic E-state index is -0.0833. The molecule has 29 heavy (non-hydrogen) atoms. The van der Waals surface area contributed by atoms with E-state index in [-0.39, 0.29) is 5.91 Å². The Hall–Kier alpha value is -2.42. The van der Waals surface area contributed by atoms with Gasteiger partial charge >= 0.3 is 0 Å². The Morgan fingerprint density at radius 1 is 1.24 bits per heavy atom. The standard InChI is InChI=1S/C20H27N7OS/c1-3-26-17-11-10-14(13-16(17)22-25-26)19(28)21-12-6-9-18-23-24-20(29-2)27(18)15-7-4-5-8-15/h10-11,13,15H,3-9,12H2,1-2H3,(H,21,28). The molecule has 8 nitrogen and oxygen atoms in total. The second kappa shape index (κ2) is 8.94. The largest absolute Gasteiger partial charge is 0.352 e. The molecule has 1 aliphatic rings. The quantitative estimate of drug-likeness (QED) is 0.450. The summed E-state index contributed by atoms with van der Waals surface area (Å²) in [6.07, 6.45) is 8.68. The normalized spacial score (nSPS) is 14.7. The molecule has 0 radical (unpaired) electrons. The molecule has 0 spiro atoms. The lowest BCUT2D eigenvalue weighted by molar-refractivity contribution is 0.0953. The Morgan fingerprint density at radius 2 is 2.07 bits per heavy atom. The van der Waals surface area contributed by atoms with Crippen molar-refractivity contribution in [3.05, 3.63) is 29.6 Å². The van der Waals surface area contributed by atoms with Crippen LogP contribution < -0.4 is 5.32 Å². The predicted molar refractivity (Wildman–Crippen MR) is 113 cm³/mol. The first-order valence-electron chi connectivity index (χ1n) is 10.3. The van der Waals surface area contributed by atoms with Gasteiger partial charge in [0.05, 0.1) is 5.52 Å². The maximum atomic E-state index is 12.5. The molecule has 4 rings (SSSR count). The molecule has 1 fully saturated rings. The van der Waals surface area contributed by atoms with Gasteiger partial charge in [-0.15, -0.1) is 15.3 Å². The third-order valence-corrected chi connectivity index (χ3v) is 6.19. The molecular formula is C20H27N7OS. The number of hydrogen-bond acceptors (Lipinski definition) is 6. The van der Waals surface area contributed by atoms with Crippen molar-refractivity contribution in [1.29, 1.82) is 0 Å². The molecule has 1 amide bonds. The zero-order valence-electron chi connectivity index (χ0n) is 17.0. The number of carbonyl (C=O) groups excluding carboxylic acids is 1. The molecule has 154 valence electrons. The van der Waals surface area contributed by atoms with Crippen LogP contribution in [0.4, 0.5) is 0 Å². The van der Waals surface area contributed by atoms with Crippen molar-refractivity contribution in [3.63, 3.8) is 0 Å². The van der Waals surface area contributed by atoms with Crippen LogP contribution in [0.5, 0.6) is 0 Å². The van der Waals surface area contributed by atoms with Crippen LogP contribution in [0, 0.1) is 0 Å². The van der Waals surface area contributed by atoms with E-state index in [9.17, 15) is 4.79 Å². The molecule has 0 aliphatic heterocycles. The highest BCUT2D eigenvalue weighted by Crippen LogP contribution is 2.33. The van der Waals surface area contributed by atoms with Crippen LogP contribution in [-0.2, 0) is 13.0 Å². The summed E-state index contributed by atoms with van der Waals surface area (Å²) in [6.45, 7) is 3.38. The number of aryl methyl sites for hydroxylation is 2. The van der Waals surface area contributed by atoms with Gasteiger partial charge in [-0.2, -0.15) is 0 Å². The molecule has 1 aliphatic carbocycles. The van der Waals surface area contributed by atoms with Crippen molar-refractivity contribution in [2.45, 2.75) is 63.2 Å². The van der Waals surface area contributed by atoms with E-state index in [0.29, 0.717) is 18.2 Å². The first-order valence-corrected chi connectivity index (χ1v) is 11.5. The number of benzene rings is 1. The van der Waals surface area contributed by atoms with Crippen LogP contribution in [0.1, 0.15) is 61.3 Å². The van der Waals surface area contributed by atoms with Gasteiger partial charge in [-0.3, -0.25) is 4.79 Å². The Labute approximate surface area is 174 Å². The first kappa shape index (κ1) is 19.9. The number of rotatable bonds is 8. The van der Waals surface area contributed by atoms with Crippen LogP contribution in [0.2, 0.25) is 0 Å². The van der Waals surface area contributed by atoms with Crippen LogP contribution in [0.25, 0.3) is 11.0 Å². The molecule has 0 atom stereocenters. The average molecular weight is 414 g/mol. The van der Waals surface area contributed by atoms with E-state index >= 15 is 0 Å². The van der Waals surface area contributed by atoms with Crippen LogP contribution >= 0.6 is 11.8 Å². The van der Waals surface area contributed by atoms with E-state index < -0.39 is 0 Å². The van der Waals surface area contributed by atoms with Gasteiger partial charge in [0.2, 0.25) is 0 Å². The predicted octanol–water partition coefficient (Wildman–Crippen LogP) is 3.24. The molecule has 9 heteroatoms. The molecule has 0 saturated heterocycles. The number of thioether (sulfide) groups is 1. The van der Waals surface area contributed by atoms with Crippen molar-refractivity contribution in [3.8, 4) is 0 Å². The average Bonchev–Trinajstić information content (AvgIpc) is 3.49. The summed E-state index contributed by atoms with van der Waals surface area (Å²) in [6, 6.07) is 6.06. The van der Waals surface area contributed by atoms with Gasteiger partial charge in [-0.1, -0.05) is 29.8 Å². The second-order valence-corrected chi connectivity index (χ2v) is 8.15. The number of nitrogens with one attached hydrogen (secondary N) is 1. The summed E-state index contributed by atoms with van der Waals surface area (Å²) < 4.78 is 4.14. The van der Waals surface area contributed by atoms with E-state index in [1.54, 1.807) is 17.8 Å². The van der Waals surface area contributed by atoms with Gasteiger partial charge in [0, 0.05) is 31.1 Å². The maximum absolute atomic E-state index is 12.5. The van der Waals surface area contributed by atoms with E-state index in [2.05, 4.69) is 36.6 Å². The molecule has 1 aromatic carbocycles. The Morgan fingerprint density at radius 3 is 2.83 bits per heavy atom. The highest BCUT2D eigenvalue weighted by atomic mass is 32.2. The van der Waals surface area contributed by atoms with Gasteiger partial charge in [0.25, 0.3) is 5.91 Å². The number of nitrogens with zero attached hydrogens (tertiary/aromatic N) is 6.